The molecule has 0 radical (unpaired) electrons. The third-order valence-corrected chi connectivity index (χ3v) is 7.08. The molecule has 1 aliphatic rings. The van der Waals surface area contributed by atoms with Crippen molar-refractivity contribution >= 4 is 34.1 Å². The molecule has 1 fully saturated rings. The van der Waals surface area contributed by atoms with Gasteiger partial charge in [0.1, 0.15) is 23.6 Å². The molecular weight excluding hydrogens is 488 g/mol. The summed E-state index contributed by atoms with van der Waals surface area (Å²) < 4.78 is 1.42. The number of anilines is 1. The van der Waals surface area contributed by atoms with E-state index in [1.165, 1.54) is 4.57 Å². The number of aromatic nitrogens is 4. The van der Waals surface area contributed by atoms with Crippen LogP contribution in [0, 0.1) is 17.9 Å². The first-order valence-electron chi connectivity index (χ1n) is 11.8. The summed E-state index contributed by atoms with van der Waals surface area (Å²) in [5.74, 6) is 0.217. The zero-order valence-electron chi connectivity index (χ0n) is 20.3. The fourth-order valence-corrected chi connectivity index (χ4v) is 5.18. The highest BCUT2D eigenvalue weighted by atomic mass is 35.5. The molecule has 3 aromatic heterocycles. The summed E-state index contributed by atoms with van der Waals surface area (Å²) in [5.41, 5.74) is 3.15. The number of benzene rings is 1. The van der Waals surface area contributed by atoms with Crippen LogP contribution < -0.4 is 10.5 Å². The van der Waals surface area contributed by atoms with E-state index in [0.717, 1.165) is 11.3 Å². The molecule has 0 spiro atoms. The SMILES string of the molecule is [C-]#[N+]c1ccc2c(n1)c(N1CCN(C(c3ccc(Cl)cc3)c3ccncn3)[C@H](C)C1)c(C#N)c(=O)n2C. The number of hydrogen-bond acceptors (Lipinski definition) is 7. The zero-order chi connectivity index (χ0) is 26.1. The number of rotatable bonds is 4. The van der Waals surface area contributed by atoms with E-state index in [4.69, 9.17) is 18.2 Å². The predicted octanol–water partition coefficient (Wildman–Crippen LogP) is 4.10. The monoisotopic (exact) mass is 510 g/mol. The zero-order valence-corrected chi connectivity index (χ0v) is 21.1. The maximum absolute atomic E-state index is 13.1. The summed E-state index contributed by atoms with van der Waals surface area (Å²) >= 11 is 6.16. The van der Waals surface area contributed by atoms with Crippen LogP contribution in [0.3, 0.4) is 0 Å². The summed E-state index contributed by atoms with van der Waals surface area (Å²) in [6.07, 6.45) is 3.28. The lowest BCUT2D eigenvalue weighted by molar-refractivity contribution is 0.147. The topological polar surface area (TPSA) is 95.3 Å². The molecule has 37 heavy (non-hydrogen) atoms. The van der Waals surface area contributed by atoms with Gasteiger partial charge in [-0.15, -0.1) is 4.98 Å². The highest BCUT2D eigenvalue weighted by Crippen LogP contribution is 2.35. The lowest BCUT2D eigenvalue weighted by Crippen LogP contribution is -2.53. The second-order valence-corrected chi connectivity index (χ2v) is 9.41. The number of halogens is 1. The number of pyridine rings is 2. The van der Waals surface area contributed by atoms with Crippen molar-refractivity contribution in [3.63, 3.8) is 0 Å². The van der Waals surface area contributed by atoms with E-state index >= 15 is 0 Å². The number of piperazine rings is 1. The van der Waals surface area contributed by atoms with Crippen LogP contribution in [0.2, 0.25) is 5.02 Å². The number of nitrogens with zero attached hydrogens (tertiary/aromatic N) is 8. The van der Waals surface area contributed by atoms with Crippen LogP contribution in [0.4, 0.5) is 11.5 Å². The van der Waals surface area contributed by atoms with Gasteiger partial charge in [0.15, 0.2) is 0 Å². The van der Waals surface area contributed by atoms with Crippen LogP contribution in [0.1, 0.15) is 29.8 Å². The van der Waals surface area contributed by atoms with E-state index in [9.17, 15) is 10.1 Å². The maximum Gasteiger partial charge on any atom is 0.271 e. The summed E-state index contributed by atoms with van der Waals surface area (Å²) in [4.78, 5) is 34.1. The Kier molecular flexibility index (Phi) is 6.58. The molecule has 2 atom stereocenters. The van der Waals surface area contributed by atoms with Crippen molar-refractivity contribution in [2.75, 3.05) is 24.5 Å². The van der Waals surface area contributed by atoms with Gasteiger partial charge in [0.05, 0.1) is 17.3 Å². The molecule has 1 unspecified atom stereocenters. The lowest BCUT2D eigenvalue weighted by atomic mass is 9.98. The Balaban J connectivity index is 1.56. The predicted molar refractivity (Wildman–Crippen MR) is 142 cm³/mol. The Labute approximate surface area is 219 Å². The van der Waals surface area contributed by atoms with Gasteiger partial charge in [-0.2, -0.15) is 5.26 Å². The summed E-state index contributed by atoms with van der Waals surface area (Å²) in [5, 5.41) is 10.6. The molecule has 1 aromatic carbocycles. The molecule has 0 amide bonds. The molecule has 0 N–H and O–H groups in total. The second kappa shape index (κ2) is 9.98. The first-order chi connectivity index (χ1) is 17.9. The van der Waals surface area contributed by atoms with Crippen molar-refractivity contribution in [3.05, 3.63) is 98.6 Å². The average molecular weight is 511 g/mol. The Bertz CT molecular complexity index is 1610. The van der Waals surface area contributed by atoms with Crippen LogP contribution in [-0.2, 0) is 7.05 Å². The number of fused-ring (bicyclic) bond motifs is 1. The highest BCUT2D eigenvalue weighted by Gasteiger charge is 2.35. The Morgan fingerprint density at radius 3 is 2.62 bits per heavy atom. The van der Waals surface area contributed by atoms with Gasteiger partial charge in [0, 0.05) is 43.9 Å². The van der Waals surface area contributed by atoms with Gasteiger partial charge in [-0.25, -0.2) is 9.97 Å². The number of hydrogen-bond donors (Lipinski definition) is 0. The van der Waals surface area contributed by atoms with Gasteiger partial charge in [0.2, 0.25) is 5.52 Å². The first kappa shape index (κ1) is 24.4. The molecule has 9 nitrogen and oxygen atoms in total. The fraction of sp³-hybridized carbons (Fsp3) is 0.259. The van der Waals surface area contributed by atoms with Crippen molar-refractivity contribution in [1.82, 2.24) is 24.4 Å². The molecule has 4 aromatic rings. The van der Waals surface area contributed by atoms with Gasteiger partial charge in [-0.3, -0.25) is 9.69 Å². The van der Waals surface area contributed by atoms with Crippen molar-refractivity contribution in [2.45, 2.75) is 19.0 Å². The number of aryl methyl sites for hydroxylation is 1. The average Bonchev–Trinajstić information content (AvgIpc) is 2.93. The fourth-order valence-electron chi connectivity index (χ4n) is 5.05. The Morgan fingerprint density at radius 1 is 1.19 bits per heavy atom. The van der Waals surface area contributed by atoms with Gasteiger partial charge < -0.3 is 14.3 Å². The van der Waals surface area contributed by atoms with Crippen LogP contribution in [0.5, 0.6) is 0 Å². The highest BCUT2D eigenvalue weighted by molar-refractivity contribution is 6.30. The molecular formula is C27H23ClN8O. The molecule has 184 valence electrons. The minimum absolute atomic E-state index is 0.0269. The molecule has 4 heterocycles. The van der Waals surface area contributed by atoms with Crippen LogP contribution in [-0.4, -0.2) is 50.1 Å². The van der Waals surface area contributed by atoms with Gasteiger partial charge in [-0.1, -0.05) is 30.3 Å². The third-order valence-electron chi connectivity index (χ3n) is 6.82. The van der Waals surface area contributed by atoms with E-state index in [2.05, 4.69) is 37.7 Å². The lowest BCUT2D eigenvalue weighted by Gasteiger charge is -2.44. The largest absolute Gasteiger partial charge is 0.364 e. The van der Waals surface area contributed by atoms with Crippen molar-refractivity contribution in [3.8, 4) is 6.07 Å². The summed E-state index contributed by atoms with van der Waals surface area (Å²) in [6, 6.07) is 15.0. The molecule has 0 saturated carbocycles. The minimum Gasteiger partial charge on any atom is -0.364 e. The Morgan fingerprint density at radius 2 is 1.97 bits per heavy atom. The van der Waals surface area contributed by atoms with Crippen LogP contribution in [0.25, 0.3) is 15.9 Å². The number of nitriles is 1. The molecule has 0 aliphatic carbocycles. The Hall–Kier alpha value is -4.31. The van der Waals surface area contributed by atoms with Gasteiger partial charge >= 0.3 is 0 Å². The quantitative estimate of drug-likeness (QED) is 0.381. The smallest absolute Gasteiger partial charge is 0.271 e. The summed E-state index contributed by atoms with van der Waals surface area (Å²) in [7, 11) is 1.62. The van der Waals surface area contributed by atoms with E-state index in [1.807, 2.05) is 35.2 Å². The van der Waals surface area contributed by atoms with E-state index in [1.54, 1.807) is 31.7 Å². The minimum atomic E-state index is -0.377. The van der Waals surface area contributed by atoms with Gasteiger partial charge in [-0.05, 0) is 42.8 Å². The molecule has 10 heteroatoms. The van der Waals surface area contributed by atoms with Crippen molar-refractivity contribution < 1.29 is 0 Å². The molecule has 1 aliphatic heterocycles. The molecule has 1 saturated heterocycles. The van der Waals surface area contributed by atoms with Crippen molar-refractivity contribution in [1.29, 1.82) is 5.26 Å². The molecule has 0 bridgehead atoms. The normalized spacial score (nSPS) is 16.8. The van der Waals surface area contributed by atoms with Crippen LogP contribution >= 0.6 is 11.6 Å². The molecule has 5 rings (SSSR count). The second-order valence-electron chi connectivity index (χ2n) is 8.97. The standard InChI is InChI=1S/C27H23ClN8O/c1-17-15-35(26-20(14-29)27(37)34(3)22-8-9-23(30-2)33-24(22)26)12-13-36(17)25(21-10-11-31-16-32-21)18-4-6-19(28)7-5-18/h4-11,16-17,25H,12-13,15H2,1,3H3/t17-,25?/m1/s1. The van der Waals surface area contributed by atoms with E-state index in [0.29, 0.717) is 41.4 Å². The van der Waals surface area contributed by atoms with E-state index in [-0.39, 0.29) is 29.0 Å². The first-order valence-corrected chi connectivity index (χ1v) is 12.1. The van der Waals surface area contributed by atoms with Crippen molar-refractivity contribution in [2.24, 2.45) is 7.05 Å². The van der Waals surface area contributed by atoms with Gasteiger partial charge in [0.25, 0.3) is 11.4 Å². The van der Waals surface area contributed by atoms with E-state index < -0.39 is 0 Å². The third kappa shape index (κ3) is 4.40. The van der Waals surface area contributed by atoms with Crippen LogP contribution in [0.15, 0.2) is 59.8 Å². The summed E-state index contributed by atoms with van der Waals surface area (Å²) in [6.45, 7) is 11.3. The maximum atomic E-state index is 13.1.